The molecule has 2 aromatic rings. The molecule has 0 spiro atoms. The molecular formula is C17H16N4O5. The lowest BCUT2D eigenvalue weighted by atomic mass is 9.91. The van der Waals surface area contributed by atoms with E-state index in [1.807, 2.05) is 0 Å². The van der Waals surface area contributed by atoms with E-state index in [0.29, 0.717) is 26.3 Å². The van der Waals surface area contributed by atoms with Crippen LogP contribution in [0, 0.1) is 0 Å². The minimum absolute atomic E-state index is 0.00760. The maximum Gasteiger partial charge on any atom is 0.332 e. The maximum atomic E-state index is 12.9. The lowest BCUT2D eigenvalue weighted by Crippen LogP contribution is -2.41. The van der Waals surface area contributed by atoms with Crippen LogP contribution in [-0.2, 0) is 18.8 Å². The molecular weight excluding hydrogens is 340 g/mol. The lowest BCUT2D eigenvalue weighted by molar-refractivity contribution is 0.0501. The zero-order valence-electron chi connectivity index (χ0n) is 14.3. The summed E-state index contributed by atoms with van der Waals surface area (Å²) in [6.07, 6.45) is 2.53. The number of carbonyl (C=O) groups excluding carboxylic acids is 2. The number of allylic oxidation sites excluding steroid dienone is 2. The number of Topliss-reactive ketones (excluding diaryl/α,β-unsaturated/α-hetero) is 1. The second-order valence-corrected chi connectivity index (χ2v) is 6.27. The highest BCUT2D eigenvalue weighted by molar-refractivity contribution is 6.27. The minimum atomic E-state index is -0.642. The van der Waals surface area contributed by atoms with E-state index < -0.39 is 17.0 Å². The highest BCUT2D eigenvalue weighted by Gasteiger charge is 2.33. The van der Waals surface area contributed by atoms with Crippen molar-refractivity contribution in [3.63, 3.8) is 0 Å². The van der Waals surface area contributed by atoms with E-state index in [4.69, 9.17) is 4.74 Å². The van der Waals surface area contributed by atoms with Gasteiger partial charge in [0.15, 0.2) is 5.78 Å². The Morgan fingerprint density at radius 2 is 1.73 bits per heavy atom. The molecule has 0 aromatic carbocycles. The number of nitrogens with zero attached hydrogens (tertiary/aromatic N) is 4. The predicted molar refractivity (Wildman–Crippen MR) is 91.4 cm³/mol. The van der Waals surface area contributed by atoms with E-state index in [-0.39, 0.29) is 33.6 Å². The molecule has 134 valence electrons. The smallest absolute Gasteiger partial charge is 0.332 e. The van der Waals surface area contributed by atoms with Gasteiger partial charge in [-0.3, -0.25) is 23.5 Å². The Labute approximate surface area is 147 Å². The van der Waals surface area contributed by atoms with E-state index in [1.165, 1.54) is 30.9 Å². The number of pyridine rings is 1. The molecule has 1 saturated heterocycles. The zero-order valence-corrected chi connectivity index (χ0v) is 14.3. The molecule has 0 atom stereocenters. The highest BCUT2D eigenvalue weighted by Crippen LogP contribution is 2.27. The first-order valence-electron chi connectivity index (χ1n) is 8.14. The van der Waals surface area contributed by atoms with Gasteiger partial charge in [-0.1, -0.05) is 0 Å². The number of ketones is 2. The Kier molecular flexibility index (Phi) is 3.62. The average Bonchev–Trinajstić information content (AvgIpc) is 2.67. The fourth-order valence-corrected chi connectivity index (χ4v) is 3.40. The number of carbonyl (C=O) groups is 2. The summed E-state index contributed by atoms with van der Waals surface area (Å²) in [6.45, 7) is 1.98. The third-order valence-electron chi connectivity index (χ3n) is 4.81. The van der Waals surface area contributed by atoms with Gasteiger partial charge in [0.05, 0.1) is 35.4 Å². The van der Waals surface area contributed by atoms with Crippen LogP contribution in [0.5, 0.6) is 0 Å². The predicted octanol–water partition coefficient (Wildman–Crippen LogP) is -0.773. The number of morpholine rings is 1. The van der Waals surface area contributed by atoms with Gasteiger partial charge in [-0.15, -0.1) is 0 Å². The van der Waals surface area contributed by atoms with E-state index in [1.54, 1.807) is 4.90 Å². The molecule has 9 nitrogen and oxygen atoms in total. The van der Waals surface area contributed by atoms with Crippen molar-refractivity contribution in [2.24, 2.45) is 14.1 Å². The first-order chi connectivity index (χ1) is 12.4. The van der Waals surface area contributed by atoms with Crippen molar-refractivity contribution in [2.75, 3.05) is 26.3 Å². The van der Waals surface area contributed by atoms with Gasteiger partial charge >= 0.3 is 5.69 Å². The van der Waals surface area contributed by atoms with Crippen molar-refractivity contribution in [2.45, 2.75) is 0 Å². The van der Waals surface area contributed by atoms with Crippen molar-refractivity contribution >= 4 is 22.6 Å². The fourth-order valence-electron chi connectivity index (χ4n) is 3.40. The summed E-state index contributed by atoms with van der Waals surface area (Å²) in [5.41, 5.74) is -0.726. The van der Waals surface area contributed by atoms with Crippen LogP contribution in [0.4, 0.5) is 0 Å². The van der Waals surface area contributed by atoms with Crippen LogP contribution in [0.25, 0.3) is 11.0 Å². The van der Waals surface area contributed by atoms with E-state index in [9.17, 15) is 19.2 Å². The average molecular weight is 356 g/mol. The van der Waals surface area contributed by atoms with Gasteiger partial charge in [0.1, 0.15) is 5.65 Å². The normalized spacial score (nSPS) is 17.5. The topological polar surface area (TPSA) is 104 Å². The molecule has 26 heavy (non-hydrogen) atoms. The summed E-state index contributed by atoms with van der Waals surface area (Å²) >= 11 is 0. The Balaban J connectivity index is 1.98. The van der Waals surface area contributed by atoms with Crippen LogP contribution in [0.15, 0.2) is 27.6 Å². The summed E-state index contributed by atoms with van der Waals surface area (Å²) in [4.78, 5) is 56.4. The van der Waals surface area contributed by atoms with Crippen LogP contribution in [-0.4, -0.2) is 56.9 Å². The Morgan fingerprint density at radius 3 is 2.42 bits per heavy atom. The summed E-state index contributed by atoms with van der Waals surface area (Å²) in [5.74, 6) is -0.795. The van der Waals surface area contributed by atoms with Crippen LogP contribution in [0.1, 0.15) is 20.7 Å². The Bertz CT molecular complexity index is 1120. The van der Waals surface area contributed by atoms with Crippen LogP contribution >= 0.6 is 0 Å². The van der Waals surface area contributed by atoms with Crippen molar-refractivity contribution in [1.82, 2.24) is 19.0 Å². The van der Waals surface area contributed by atoms with Gasteiger partial charge in [-0.2, -0.15) is 0 Å². The van der Waals surface area contributed by atoms with Crippen molar-refractivity contribution in [1.29, 1.82) is 0 Å². The SMILES string of the molecule is Cn1c(=O)c2c3c(cnc2n(C)c1=O)C(=O)C(N1CCOCC1)=CC3=O. The summed E-state index contributed by atoms with van der Waals surface area (Å²) in [6, 6.07) is 0. The number of aromatic nitrogens is 3. The highest BCUT2D eigenvalue weighted by atomic mass is 16.5. The zero-order chi connectivity index (χ0) is 18.6. The fraction of sp³-hybridized carbons (Fsp3) is 0.353. The minimum Gasteiger partial charge on any atom is -0.378 e. The number of rotatable bonds is 1. The summed E-state index contributed by atoms with van der Waals surface area (Å²) in [5, 5.41) is -0.0114. The first kappa shape index (κ1) is 16.4. The van der Waals surface area contributed by atoms with Gasteiger partial charge in [0, 0.05) is 39.5 Å². The molecule has 1 aliphatic carbocycles. The molecule has 1 fully saturated rings. The maximum absolute atomic E-state index is 12.9. The molecule has 9 heteroatoms. The van der Waals surface area contributed by atoms with Gasteiger partial charge in [0.2, 0.25) is 5.78 Å². The Hall–Kier alpha value is -3.07. The van der Waals surface area contributed by atoms with Crippen molar-refractivity contribution in [3.05, 3.63) is 49.9 Å². The molecule has 0 bridgehead atoms. The van der Waals surface area contributed by atoms with Gasteiger partial charge < -0.3 is 9.64 Å². The molecule has 0 amide bonds. The Morgan fingerprint density at radius 1 is 1.04 bits per heavy atom. The van der Waals surface area contributed by atoms with Gasteiger partial charge in [0.25, 0.3) is 5.56 Å². The van der Waals surface area contributed by atoms with Crippen molar-refractivity contribution < 1.29 is 14.3 Å². The van der Waals surface area contributed by atoms with Crippen LogP contribution < -0.4 is 11.2 Å². The molecule has 3 heterocycles. The molecule has 4 rings (SSSR count). The molecule has 0 saturated carbocycles. The first-order valence-corrected chi connectivity index (χ1v) is 8.14. The van der Waals surface area contributed by atoms with Crippen molar-refractivity contribution in [3.8, 4) is 0 Å². The molecule has 0 unspecified atom stereocenters. The monoisotopic (exact) mass is 356 g/mol. The number of hydrogen-bond acceptors (Lipinski definition) is 7. The second kappa shape index (κ2) is 5.73. The molecule has 0 radical (unpaired) electrons. The largest absolute Gasteiger partial charge is 0.378 e. The van der Waals surface area contributed by atoms with Crippen LogP contribution in [0.2, 0.25) is 0 Å². The lowest BCUT2D eigenvalue weighted by Gasteiger charge is -2.31. The molecule has 1 aliphatic heterocycles. The van der Waals surface area contributed by atoms with Gasteiger partial charge in [-0.05, 0) is 0 Å². The third kappa shape index (κ3) is 2.17. The summed E-state index contributed by atoms with van der Waals surface area (Å²) in [7, 11) is 2.79. The standard InChI is InChI=1S/C17H16N4O5/c1-19-15-13(16(24)20(2)17(19)25)12-9(8-18-15)14(23)10(7-11(12)22)21-3-5-26-6-4-21/h7-8H,3-6H2,1-2H3. The number of hydrogen-bond donors (Lipinski definition) is 0. The van der Waals surface area contributed by atoms with Gasteiger partial charge in [-0.25, -0.2) is 9.78 Å². The third-order valence-corrected chi connectivity index (χ3v) is 4.81. The summed E-state index contributed by atoms with van der Waals surface area (Å²) < 4.78 is 7.38. The molecule has 0 N–H and O–H groups in total. The quantitative estimate of drug-likeness (QED) is 0.661. The number of fused-ring (bicyclic) bond motifs is 3. The number of aryl methyl sites for hydroxylation is 1. The number of ether oxygens (including phenoxy) is 1. The van der Waals surface area contributed by atoms with Crippen LogP contribution in [0.3, 0.4) is 0 Å². The molecule has 2 aliphatic rings. The second-order valence-electron chi connectivity index (χ2n) is 6.27. The van der Waals surface area contributed by atoms with E-state index in [0.717, 1.165) is 4.57 Å². The van der Waals surface area contributed by atoms with E-state index >= 15 is 0 Å². The molecule has 2 aromatic heterocycles. The van der Waals surface area contributed by atoms with E-state index in [2.05, 4.69) is 4.98 Å².